The summed E-state index contributed by atoms with van der Waals surface area (Å²) in [5.74, 6) is 0.634. The van der Waals surface area contributed by atoms with Gasteiger partial charge in [0, 0.05) is 63.6 Å². The fourth-order valence-corrected chi connectivity index (χ4v) is 8.36. The molecule has 0 bridgehead atoms. The van der Waals surface area contributed by atoms with Crippen LogP contribution in [0.1, 0.15) is 30.5 Å². The third-order valence-corrected chi connectivity index (χ3v) is 11.5. The molecule has 1 aliphatic rings. The number of fused-ring (bicyclic) bond motifs is 3. The Kier molecular flexibility index (Phi) is 9.13. The highest BCUT2D eigenvalue weighted by Gasteiger charge is 2.37. The maximum atomic E-state index is 9.86. The van der Waals surface area contributed by atoms with Gasteiger partial charge in [0.15, 0.2) is 11.5 Å². The lowest BCUT2D eigenvalue weighted by molar-refractivity contribution is 0.660. The van der Waals surface area contributed by atoms with Crippen molar-refractivity contribution in [1.29, 1.82) is 5.26 Å². The minimum absolute atomic E-state index is 0.447. The van der Waals surface area contributed by atoms with E-state index in [0.29, 0.717) is 17.1 Å². The normalized spacial score (nSPS) is 12.2. The zero-order valence-corrected chi connectivity index (χ0v) is 33.4. The summed E-state index contributed by atoms with van der Waals surface area (Å²) in [6, 6.07) is 53.5. The molecule has 9 aromatic rings. The Morgan fingerprint density at radius 2 is 1.05 bits per heavy atom. The number of aromatic nitrogens is 5. The number of rotatable bonds is 7. The molecule has 0 saturated carbocycles. The van der Waals surface area contributed by atoms with Gasteiger partial charge in [-0.1, -0.05) is 86.6 Å². The van der Waals surface area contributed by atoms with E-state index in [1.165, 1.54) is 0 Å². The monoisotopic (exact) mass is 781 g/mol. The summed E-state index contributed by atoms with van der Waals surface area (Å²) in [4.78, 5) is 28.1. The van der Waals surface area contributed by atoms with E-state index in [0.717, 1.165) is 95.1 Å². The molecule has 61 heavy (non-hydrogen) atoms. The molecule has 0 saturated heterocycles. The van der Waals surface area contributed by atoms with Gasteiger partial charge in [-0.05, 0) is 123 Å². The predicted octanol–water partition coefficient (Wildman–Crippen LogP) is 13.1. The Morgan fingerprint density at radius 1 is 0.492 bits per heavy atom. The lowest BCUT2D eigenvalue weighted by Gasteiger charge is -2.22. The summed E-state index contributed by atoms with van der Waals surface area (Å²) in [6.07, 6.45) is 7.20. The predicted molar refractivity (Wildman–Crippen MR) is 242 cm³/mol. The van der Waals surface area contributed by atoms with E-state index >= 15 is 0 Å². The maximum Gasteiger partial charge on any atom is 0.196 e. The number of pyridine rings is 3. The summed E-state index contributed by atoms with van der Waals surface area (Å²) >= 11 is 0. The van der Waals surface area contributed by atoms with Gasteiger partial charge in [-0.15, -0.1) is 0 Å². The van der Waals surface area contributed by atoms with Crippen molar-refractivity contribution in [1.82, 2.24) is 24.9 Å². The molecule has 0 amide bonds. The molecule has 4 heterocycles. The third kappa shape index (κ3) is 6.81. The number of hydrogen-bond donors (Lipinski definition) is 0. The van der Waals surface area contributed by atoms with Crippen LogP contribution >= 0.6 is 0 Å². The molecule has 4 aromatic heterocycles. The van der Waals surface area contributed by atoms with Crippen molar-refractivity contribution in [2.45, 2.75) is 19.3 Å². The Balaban J connectivity index is 1.22. The summed E-state index contributed by atoms with van der Waals surface area (Å²) in [6.45, 7) is 12.4. The highest BCUT2D eigenvalue weighted by Crippen LogP contribution is 2.53. The molecular formula is C54H35N7. The molecule has 0 spiro atoms. The van der Waals surface area contributed by atoms with E-state index in [4.69, 9.17) is 21.5 Å². The van der Waals surface area contributed by atoms with Crippen LogP contribution in [-0.2, 0) is 5.41 Å². The van der Waals surface area contributed by atoms with Crippen LogP contribution in [0, 0.1) is 17.9 Å². The van der Waals surface area contributed by atoms with Gasteiger partial charge in [0.1, 0.15) is 0 Å². The smallest absolute Gasteiger partial charge is 0.196 e. The molecular weight excluding hydrogens is 747 g/mol. The van der Waals surface area contributed by atoms with Crippen LogP contribution in [0.4, 0.5) is 5.69 Å². The zero-order valence-electron chi connectivity index (χ0n) is 33.4. The van der Waals surface area contributed by atoms with Gasteiger partial charge in [-0.25, -0.2) is 19.8 Å². The van der Waals surface area contributed by atoms with Crippen molar-refractivity contribution in [3.8, 4) is 95.9 Å². The minimum Gasteiger partial charge on any atom is -0.264 e. The van der Waals surface area contributed by atoms with E-state index in [2.05, 4.69) is 101 Å². The SMILES string of the molecule is [C-]#[N+]c1cc(C#N)cc2c1-c1ccc(-c3cc(-c4cc(-c5cccnc5)nc(-c5cccnc5)c4)cc(-c4cc(-c5ccccc5)nc(-c5ccccc5)n4)c3)cc1C2(C)C. The molecule has 0 radical (unpaired) electrons. The van der Waals surface area contributed by atoms with E-state index < -0.39 is 5.41 Å². The fourth-order valence-electron chi connectivity index (χ4n) is 8.36. The van der Waals surface area contributed by atoms with Gasteiger partial charge in [0.05, 0.1) is 35.4 Å². The third-order valence-electron chi connectivity index (χ3n) is 11.5. The molecule has 0 N–H and O–H groups in total. The molecule has 7 heteroatoms. The molecule has 10 rings (SSSR count). The number of hydrogen-bond acceptors (Lipinski definition) is 6. The minimum atomic E-state index is -0.447. The van der Waals surface area contributed by atoms with Crippen molar-refractivity contribution in [2.24, 2.45) is 0 Å². The number of nitrogens with zero attached hydrogens (tertiary/aromatic N) is 7. The first-order chi connectivity index (χ1) is 29.9. The standard InChI is InChI=1S/C54H35N7/c1-54(2)45-27-37(18-19-44(45)52-46(54)22-34(31-55)23-51(52)56-3)40-24-41(42-28-47(38-16-10-20-57-32-38)59-48(29-42)39-17-11-21-58-33-39)26-43(25-40)50-30-49(35-12-6-4-7-13-35)60-53(61-50)36-14-8-5-9-15-36/h4-30,32-33H,1-2H3. The van der Waals surface area contributed by atoms with Crippen LogP contribution in [0.15, 0.2) is 176 Å². The van der Waals surface area contributed by atoms with Crippen LogP contribution in [0.3, 0.4) is 0 Å². The van der Waals surface area contributed by atoms with Crippen molar-refractivity contribution in [2.75, 3.05) is 0 Å². The Morgan fingerprint density at radius 3 is 1.66 bits per heavy atom. The van der Waals surface area contributed by atoms with Gasteiger partial charge < -0.3 is 0 Å². The van der Waals surface area contributed by atoms with Crippen LogP contribution in [0.2, 0.25) is 0 Å². The van der Waals surface area contributed by atoms with Crippen molar-refractivity contribution >= 4 is 5.69 Å². The molecule has 0 unspecified atom stereocenters. The first kappa shape index (κ1) is 36.9. The molecule has 0 aliphatic heterocycles. The molecule has 7 nitrogen and oxygen atoms in total. The Bertz CT molecular complexity index is 2960. The number of benzene rings is 5. The van der Waals surface area contributed by atoms with Crippen LogP contribution in [0.5, 0.6) is 0 Å². The van der Waals surface area contributed by atoms with Crippen LogP contribution < -0.4 is 0 Å². The topological polar surface area (TPSA) is 92.6 Å². The maximum absolute atomic E-state index is 9.86. The second-order valence-corrected chi connectivity index (χ2v) is 15.6. The average molecular weight is 782 g/mol. The fraction of sp³-hybridized carbons (Fsp3) is 0.0556. The second kappa shape index (κ2) is 15.1. The van der Waals surface area contributed by atoms with Gasteiger partial charge in [0.25, 0.3) is 0 Å². The first-order valence-corrected chi connectivity index (χ1v) is 20.0. The van der Waals surface area contributed by atoms with Gasteiger partial charge >= 0.3 is 0 Å². The van der Waals surface area contributed by atoms with E-state index in [1.807, 2.05) is 91.3 Å². The van der Waals surface area contributed by atoms with E-state index in [-0.39, 0.29) is 0 Å². The van der Waals surface area contributed by atoms with Gasteiger partial charge in [-0.2, -0.15) is 5.26 Å². The second-order valence-electron chi connectivity index (χ2n) is 15.6. The average Bonchev–Trinajstić information content (AvgIpc) is 3.56. The van der Waals surface area contributed by atoms with Crippen molar-refractivity contribution < 1.29 is 0 Å². The summed E-state index contributed by atoms with van der Waals surface area (Å²) in [5.41, 5.74) is 16.3. The lowest BCUT2D eigenvalue weighted by atomic mass is 9.81. The first-order valence-electron chi connectivity index (χ1n) is 20.0. The lowest BCUT2D eigenvalue weighted by Crippen LogP contribution is -2.15. The van der Waals surface area contributed by atoms with Gasteiger partial charge in [-0.3, -0.25) is 9.97 Å². The number of nitriles is 1. The molecule has 5 aromatic carbocycles. The van der Waals surface area contributed by atoms with E-state index in [1.54, 1.807) is 18.5 Å². The summed E-state index contributed by atoms with van der Waals surface area (Å²) in [5, 5.41) is 9.86. The van der Waals surface area contributed by atoms with Crippen molar-refractivity contribution in [3.63, 3.8) is 0 Å². The van der Waals surface area contributed by atoms with Crippen LogP contribution in [-0.4, -0.2) is 24.9 Å². The van der Waals surface area contributed by atoms with Gasteiger partial charge in [0.2, 0.25) is 0 Å². The Hall–Kier alpha value is -8.39. The molecule has 0 fully saturated rings. The zero-order chi connectivity index (χ0) is 41.5. The summed E-state index contributed by atoms with van der Waals surface area (Å²) in [7, 11) is 0. The highest BCUT2D eigenvalue weighted by atomic mass is 14.9. The summed E-state index contributed by atoms with van der Waals surface area (Å²) < 4.78 is 0. The van der Waals surface area contributed by atoms with Crippen molar-refractivity contribution in [3.05, 3.63) is 205 Å². The largest absolute Gasteiger partial charge is 0.264 e. The quantitative estimate of drug-likeness (QED) is 0.150. The molecule has 1 aliphatic carbocycles. The molecule has 286 valence electrons. The Labute approximate surface area is 354 Å². The molecule has 0 atom stereocenters. The van der Waals surface area contributed by atoms with Crippen LogP contribution in [0.25, 0.3) is 94.6 Å². The van der Waals surface area contributed by atoms with E-state index in [9.17, 15) is 5.26 Å². The highest BCUT2D eigenvalue weighted by molar-refractivity contribution is 5.93.